The minimum atomic E-state index is 0.228. The quantitative estimate of drug-likeness (QED) is 0.644. The Morgan fingerprint density at radius 1 is 1.00 bits per heavy atom. The Labute approximate surface area is 65.9 Å². The van der Waals surface area contributed by atoms with E-state index in [-0.39, 0.29) is 18.6 Å². The first-order chi connectivity index (χ1) is 4.47. The van der Waals surface area contributed by atoms with Crippen molar-refractivity contribution < 1.29 is 18.6 Å². The van der Waals surface area contributed by atoms with Crippen LogP contribution < -0.4 is 0 Å². The van der Waals surface area contributed by atoms with Gasteiger partial charge in [0.1, 0.15) is 0 Å². The van der Waals surface area contributed by atoms with E-state index in [1.165, 1.54) is 10.2 Å². The normalized spacial score (nSPS) is 42.7. The van der Waals surface area contributed by atoms with E-state index < -0.39 is 0 Å². The first-order valence-corrected chi connectivity index (χ1v) is 7.85. The van der Waals surface area contributed by atoms with E-state index in [0.29, 0.717) is 0 Å². The molecule has 0 radical (unpaired) electrons. The van der Waals surface area contributed by atoms with Gasteiger partial charge in [0, 0.05) is 0 Å². The molecule has 2 unspecified atom stereocenters. The van der Waals surface area contributed by atoms with E-state index in [1.54, 1.807) is 36.9 Å². The number of rotatable bonds is 0. The maximum atomic E-state index is 1.70. The van der Waals surface area contributed by atoms with Crippen molar-refractivity contribution >= 4 is 0 Å². The summed E-state index contributed by atoms with van der Waals surface area (Å²) in [6.07, 6.45) is 8.00. The first-order valence-electron chi connectivity index (χ1n) is 4.08. The molecule has 0 bridgehead atoms. The second kappa shape index (κ2) is 2.74. The van der Waals surface area contributed by atoms with E-state index in [2.05, 4.69) is 0 Å². The molecule has 9 heavy (non-hydrogen) atoms. The van der Waals surface area contributed by atoms with Gasteiger partial charge in [-0.15, -0.1) is 0 Å². The van der Waals surface area contributed by atoms with E-state index in [0.717, 1.165) is 0 Å². The molecule has 0 spiro atoms. The average molecular weight is 294 g/mol. The van der Waals surface area contributed by atoms with Gasteiger partial charge < -0.3 is 0 Å². The third kappa shape index (κ3) is 1.24. The van der Waals surface area contributed by atoms with Gasteiger partial charge in [-0.2, -0.15) is 0 Å². The van der Waals surface area contributed by atoms with Crippen molar-refractivity contribution in [1.29, 1.82) is 0 Å². The molecule has 0 aromatic carbocycles. The van der Waals surface area contributed by atoms with Crippen molar-refractivity contribution in [3.05, 3.63) is 0 Å². The Balaban J connectivity index is 1.97. The molecule has 1 saturated carbocycles. The molecule has 0 amide bonds. The molecule has 2 fully saturated rings. The van der Waals surface area contributed by atoms with Gasteiger partial charge in [-0.25, -0.2) is 0 Å². The van der Waals surface area contributed by atoms with Crippen LogP contribution in [0.2, 0.25) is 9.12 Å². The fourth-order valence-corrected chi connectivity index (χ4v) is 7.91. The summed E-state index contributed by atoms with van der Waals surface area (Å²) in [5.41, 5.74) is 0. The molecule has 0 N–H and O–H groups in total. The molecular weight excluding hydrogens is 280 g/mol. The second-order valence-corrected chi connectivity index (χ2v) is 8.08. The van der Waals surface area contributed by atoms with Crippen LogP contribution >= 0.6 is 0 Å². The fourth-order valence-electron chi connectivity index (χ4n) is 2.09. The van der Waals surface area contributed by atoms with Crippen molar-refractivity contribution in [1.82, 2.24) is 0 Å². The van der Waals surface area contributed by atoms with Gasteiger partial charge in [-0.1, -0.05) is 0 Å². The second-order valence-electron chi connectivity index (χ2n) is 3.24. The molecule has 1 saturated heterocycles. The number of hydrogen-bond donors (Lipinski definition) is 0. The van der Waals surface area contributed by atoms with Crippen molar-refractivity contribution in [2.45, 2.75) is 41.2 Å². The van der Waals surface area contributed by atoms with Crippen LogP contribution in [0.4, 0.5) is 0 Å². The summed E-state index contributed by atoms with van der Waals surface area (Å²) in [5, 5.41) is 0. The summed E-state index contributed by atoms with van der Waals surface area (Å²) in [4.78, 5) is 1.70. The van der Waals surface area contributed by atoms with Crippen LogP contribution in [0.15, 0.2) is 0 Å². The molecule has 0 aromatic heterocycles. The molecular formula is C8H14W. The summed E-state index contributed by atoms with van der Waals surface area (Å²) in [6.45, 7) is 0. The molecule has 0 nitrogen and oxygen atoms in total. The van der Waals surface area contributed by atoms with Crippen LogP contribution in [0.25, 0.3) is 0 Å². The van der Waals surface area contributed by atoms with Gasteiger partial charge in [-0.3, -0.25) is 0 Å². The van der Waals surface area contributed by atoms with Gasteiger partial charge in [0.15, 0.2) is 0 Å². The van der Waals surface area contributed by atoms with E-state index in [4.69, 9.17) is 0 Å². The molecule has 52 valence electrons. The Kier molecular flexibility index (Phi) is 1.95. The van der Waals surface area contributed by atoms with Crippen molar-refractivity contribution in [3.63, 3.8) is 0 Å². The SMILES string of the molecule is C1CC[CH]2[W][CH2]CC2C1. The minimum absolute atomic E-state index is 0.228. The molecule has 1 heterocycles. The standard InChI is InChI=1S/C8H14.W/c1-2-8-6-4-3-5-7-8;/h6,8H,1-5,7H2;. The first kappa shape index (κ1) is 6.40. The van der Waals surface area contributed by atoms with E-state index in [1.807, 2.05) is 0 Å². The summed E-state index contributed by atoms with van der Waals surface area (Å²) in [5.74, 6) is 1.24. The molecule has 1 heteroatoms. The van der Waals surface area contributed by atoms with Crippen LogP contribution in [0.3, 0.4) is 0 Å². The summed E-state index contributed by atoms with van der Waals surface area (Å²) >= 11 is 0.228. The van der Waals surface area contributed by atoms with Crippen LogP contribution in [-0.2, 0) is 18.6 Å². The summed E-state index contributed by atoms with van der Waals surface area (Å²) in [6, 6.07) is 0. The summed E-state index contributed by atoms with van der Waals surface area (Å²) in [7, 11) is 0. The fraction of sp³-hybridized carbons (Fsp3) is 1.00. The Hall–Kier alpha value is 0.688. The zero-order valence-electron chi connectivity index (χ0n) is 5.81. The van der Waals surface area contributed by atoms with Gasteiger partial charge in [0.05, 0.1) is 0 Å². The molecule has 1 aliphatic carbocycles. The zero-order chi connectivity index (χ0) is 6.10. The third-order valence-corrected chi connectivity index (χ3v) is 8.12. The molecule has 2 rings (SSSR count). The van der Waals surface area contributed by atoms with Crippen LogP contribution in [0, 0.1) is 5.92 Å². The number of fused-ring (bicyclic) bond motifs is 1. The Bertz CT molecular complexity index is 88.7. The molecule has 2 atom stereocenters. The van der Waals surface area contributed by atoms with Gasteiger partial charge >= 0.3 is 65.7 Å². The average Bonchev–Trinajstić information content (AvgIpc) is 2.33. The van der Waals surface area contributed by atoms with Crippen LogP contribution in [0.5, 0.6) is 0 Å². The predicted molar refractivity (Wildman–Crippen MR) is 35.1 cm³/mol. The van der Waals surface area contributed by atoms with Gasteiger partial charge in [0.2, 0.25) is 0 Å². The van der Waals surface area contributed by atoms with Crippen molar-refractivity contribution in [2.24, 2.45) is 5.92 Å². The molecule has 1 aliphatic heterocycles. The molecule has 2 aliphatic rings. The van der Waals surface area contributed by atoms with Gasteiger partial charge in [0.25, 0.3) is 0 Å². The van der Waals surface area contributed by atoms with Gasteiger partial charge in [-0.05, 0) is 0 Å². The monoisotopic (exact) mass is 294 g/mol. The van der Waals surface area contributed by atoms with Crippen molar-refractivity contribution in [2.75, 3.05) is 0 Å². The Morgan fingerprint density at radius 2 is 1.89 bits per heavy atom. The maximum absolute atomic E-state index is 1.70. The van der Waals surface area contributed by atoms with Crippen LogP contribution in [0.1, 0.15) is 32.1 Å². The topological polar surface area (TPSA) is 0 Å². The Morgan fingerprint density at radius 3 is 2.78 bits per heavy atom. The van der Waals surface area contributed by atoms with E-state index >= 15 is 0 Å². The summed E-state index contributed by atoms with van der Waals surface area (Å²) < 4.78 is 1.33. The number of hydrogen-bond acceptors (Lipinski definition) is 0. The van der Waals surface area contributed by atoms with Crippen molar-refractivity contribution in [3.8, 4) is 0 Å². The predicted octanol–water partition coefficient (Wildman–Crippen LogP) is 2.87. The third-order valence-electron chi connectivity index (χ3n) is 2.66. The van der Waals surface area contributed by atoms with Crippen LogP contribution in [-0.4, -0.2) is 0 Å². The zero-order valence-corrected chi connectivity index (χ0v) is 8.74. The van der Waals surface area contributed by atoms with E-state index in [9.17, 15) is 0 Å². The molecule has 0 aromatic rings.